The van der Waals surface area contributed by atoms with Gasteiger partial charge >= 0.3 is 12.1 Å². The zero-order valence-electron chi connectivity index (χ0n) is 17.6. The van der Waals surface area contributed by atoms with Crippen LogP contribution in [0.2, 0.25) is 18.1 Å². The van der Waals surface area contributed by atoms with Gasteiger partial charge in [0, 0.05) is 8.80 Å². The Labute approximate surface area is 175 Å². The van der Waals surface area contributed by atoms with E-state index in [0.29, 0.717) is 5.92 Å². The first-order valence-corrected chi connectivity index (χ1v) is 14.0. The summed E-state index contributed by atoms with van der Waals surface area (Å²) in [4.78, 5) is 0. The van der Waals surface area contributed by atoms with Crippen molar-refractivity contribution in [1.29, 1.82) is 0 Å². The molecule has 3 rings (SSSR count). The summed E-state index contributed by atoms with van der Waals surface area (Å²) in [6, 6.07) is 9.88. The Morgan fingerprint density at radius 2 is 1.52 bits per heavy atom. The quantitative estimate of drug-likeness (QED) is 0.232. The lowest BCUT2D eigenvalue weighted by molar-refractivity contribution is 0.216. The minimum absolute atomic E-state index is 0.118. The second kappa shape index (κ2) is 11.2. The van der Waals surface area contributed by atoms with Gasteiger partial charge in [0.25, 0.3) is 0 Å². The monoisotopic (exact) mass is 424 g/mol. The van der Waals surface area contributed by atoms with Crippen LogP contribution in [-0.2, 0) is 0 Å². The molecule has 0 radical (unpaired) electrons. The second-order valence-corrected chi connectivity index (χ2v) is 12.6. The van der Waals surface area contributed by atoms with Gasteiger partial charge in [0.15, 0.2) is 0 Å². The van der Waals surface area contributed by atoms with Gasteiger partial charge in [0.05, 0.1) is 0 Å². The Morgan fingerprint density at radius 1 is 0.897 bits per heavy atom. The molecule has 1 aromatic rings. The largest absolute Gasteiger partial charge is 0.428 e. The zero-order valence-corrected chi connectivity index (χ0v) is 18.8. The first kappa shape index (κ1) is 22.5. The number of rotatable bonds is 8. The Kier molecular flexibility index (Phi) is 8.70. The van der Waals surface area contributed by atoms with Gasteiger partial charge in [-0.25, -0.2) is 0 Å². The van der Waals surface area contributed by atoms with Crippen LogP contribution in [0, 0.1) is 11.8 Å². The van der Waals surface area contributed by atoms with Crippen LogP contribution in [0.15, 0.2) is 36.4 Å². The van der Waals surface area contributed by atoms with Crippen LogP contribution < -0.4 is 4.74 Å². The van der Waals surface area contributed by atoms with E-state index in [1.807, 2.05) is 12.1 Å². The molecule has 162 valence electrons. The molecule has 2 fully saturated rings. The van der Waals surface area contributed by atoms with Crippen molar-refractivity contribution in [1.82, 2.24) is 0 Å². The third kappa shape index (κ3) is 6.63. The fourth-order valence-corrected chi connectivity index (χ4v) is 9.04. The van der Waals surface area contributed by atoms with E-state index in [1.54, 1.807) is 30.3 Å². The van der Waals surface area contributed by atoms with E-state index >= 15 is 0 Å². The topological polar surface area (TPSA) is 9.23 Å². The summed E-state index contributed by atoms with van der Waals surface area (Å²) >= 11 is 0. The predicted molar refractivity (Wildman–Crippen MR) is 116 cm³/mol. The van der Waals surface area contributed by atoms with E-state index in [0.717, 1.165) is 11.8 Å². The summed E-state index contributed by atoms with van der Waals surface area (Å²) in [5, 5.41) is 0. The third-order valence-electron chi connectivity index (χ3n) is 7.25. The molecule has 1 aliphatic carbocycles. The van der Waals surface area contributed by atoms with E-state index < -0.39 is 20.9 Å². The van der Waals surface area contributed by atoms with Crippen molar-refractivity contribution in [3.63, 3.8) is 0 Å². The van der Waals surface area contributed by atoms with Gasteiger partial charge in [-0.3, -0.25) is 0 Å². The summed E-state index contributed by atoms with van der Waals surface area (Å²) in [6.45, 7) is 2.29. The number of hydrogen-bond acceptors (Lipinski definition) is 1. The molecule has 1 aliphatic heterocycles. The summed E-state index contributed by atoms with van der Waals surface area (Å²) in [5.41, 5.74) is 1.22. The molecule has 2 aliphatic rings. The van der Waals surface area contributed by atoms with Crippen molar-refractivity contribution in [2.75, 3.05) is 0 Å². The summed E-state index contributed by atoms with van der Waals surface area (Å²) in [7, 11) is -0.423. The molecule has 0 atom stereocenters. The molecule has 0 bridgehead atoms. The minimum Gasteiger partial charge on any atom is -0.428 e. The summed E-state index contributed by atoms with van der Waals surface area (Å²) < 4.78 is 41.7. The van der Waals surface area contributed by atoms with E-state index in [1.165, 1.54) is 63.4 Å². The third-order valence-corrected chi connectivity index (χ3v) is 10.8. The van der Waals surface area contributed by atoms with Crippen LogP contribution in [0.1, 0.15) is 76.2 Å². The lowest BCUT2D eigenvalue weighted by Gasteiger charge is -2.37. The highest BCUT2D eigenvalue weighted by Gasteiger charge is 2.31. The minimum atomic E-state index is -2.43. The van der Waals surface area contributed by atoms with Gasteiger partial charge < -0.3 is 4.74 Å². The normalized spacial score (nSPS) is 27.4. The van der Waals surface area contributed by atoms with Gasteiger partial charge in [0.1, 0.15) is 5.75 Å². The molecular weight excluding hydrogens is 389 g/mol. The van der Waals surface area contributed by atoms with Crippen LogP contribution >= 0.6 is 0 Å². The number of halogens is 3. The van der Waals surface area contributed by atoms with E-state index in [9.17, 15) is 13.2 Å². The number of benzene rings is 1. The lowest BCUT2D eigenvalue weighted by atomic mass is 9.72. The maximum atomic E-state index is 12.9. The predicted octanol–water partition coefficient (Wildman–Crippen LogP) is 8.20. The van der Waals surface area contributed by atoms with E-state index in [2.05, 4.69) is 11.7 Å². The number of ether oxygens (including phenoxy) is 1. The number of hydrogen-bond donors (Lipinski definition) is 0. The van der Waals surface area contributed by atoms with Crippen LogP contribution in [0.3, 0.4) is 0 Å². The molecule has 0 aromatic heterocycles. The van der Waals surface area contributed by atoms with Crippen molar-refractivity contribution in [2.24, 2.45) is 11.8 Å². The maximum absolute atomic E-state index is 12.9. The van der Waals surface area contributed by atoms with Gasteiger partial charge in [0.2, 0.25) is 0 Å². The van der Waals surface area contributed by atoms with E-state index in [-0.39, 0.29) is 5.75 Å². The van der Waals surface area contributed by atoms with E-state index in [4.69, 9.17) is 0 Å². The molecular formula is C24H35F3OSi. The van der Waals surface area contributed by atoms with Crippen LogP contribution in [-0.4, -0.2) is 8.80 Å². The van der Waals surface area contributed by atoms with Gasteiger partial charge in [-0.15, -0.1) is 0 Å². The highest BCUT2D eigenvalue weighted by Crippen LogP contribution is 2.43. The Morgan fingerprint density at radius 3 is 2.10 bits per heavy atom. The zero-order chi connectivity index (χ0) is 20.6. The SMILES string of the molecule is CCCCC[SiH]1CCC(C2CCC(c3ccc(OC(F)=C(F)F)cc3)CC2)CC1. The number of unbranched alkanes of at least 4 members (excludes halogenated alkanes) is 2. The van der Waals surface area contributed by atoms with Crippen molar-refractivity contribution < 1.29 is 17.9 Å². The van der Waals surface area contributed by atoms with Crippen LogP contribution in [0.4, 0.5) is 13.2 Å². The van der Waals surface area contributed by atoms with Gasteiger partial charge in [-0.1, -0.05) is 69.3 Å². The molecule has 1 nitrogen and oxygen atoms in total. The Hall–Kier alpha value is -1.23. The molecule has 1 aromatic carbocycles. The van der Waals surface area contributed by atoms with Crippen LogP contribution in [0.5, 0.6) is 5.75 Å². The molecule has 0 unspecified atom stereocenters. The molecule has 1 saturated heterocycles. The highest BCUT2D eigenvalue weighted by atomic mass is 28.3. The van der Waals surface area contributed by atoms with Gasteiger partial charge in [-0.05, 0) is 61.1 Å². The summed E-state index contributed by atoms with van der Waals surface area (Å²) in [5.74, 6) is 2.49. The standard InChI is InChI=1S/C24H35F3OSi/c1-2-3-4-15-29-16-13-21(14-17-29)19-7-5-18(6-8-19)20-9-11-22(12-10-20)28-24(27)23(25)26/h9-12,18-19,21,29H,2-8,13-17H2,1H3. The molecule has 0 amide bonds. The Balaban J connectivity index is 1.42. The molecule has 5 heteroatoms. The summed E-state index contributed by atoms with van der Waals surface area (Å²) in [6.07, 6.45) is 9.78. The van der Waals surface area contributed by atoms with Crippen molar-refractivity contribution in [3.05, 3.63) is 41.9 Å². The molecule has 1 heterocycles. The molecule has 1 saturated carbocycles. The van der Waals surface area contributed by atoms with Crippen molar-refractivity contribution in [3.8, 4) is 5.75 Å². The highest BCUT2D eigenvalue weighted by molar-refractivity contribution is 6.58. The average Bonchev–Trinajstić information content (AvgIpc) is 2.75. The molecule has 29 heavy (non-hydrogen) atoms. The first-order valence-electron chi connectivity index (χ1n) is 11.5. The van der Waals surface area contributed by atoms with Crippen molar-refractivity contribution >= 4 is 8.80 Å². The molecule has 0 N–H and O–H groups in total. The lowest BCUT2D eigenvalue weighted by Crippen LogP contribution is -2.28. The fraction of sp³-hybridized carbons (Fsp3) is 0.667. The van der Waals surface area contributed by atoms with Gasteiger partial charge in [-0.2, -0.15) is 13.2 Å². The first-order chi connectivity index (χ1) is 14.1. The fourth-order valence-electron chi connectivity index (χ4n) is 5.51. The maximum Gasteiger partial charge on any atom is 0.344 e. The second-order valence-electron chi connectivity index (χ2n) is 9.09. The average molecular weight is 425 g/mol. The van der Waals surface area contributed by atoms with Crippen molar-refractivity contribution in [2.45, 2.75) is 88.8 Å². The smallest absolute Gasteiger partial charge is 0.344 e. The molecule has 0 spiro atoms. The van der Waals surface area contributed by atoms with Crippen LogP contribution in [0.25, 0.3) is 0 Å². The Bertz CT molecular complexity index is 641.